The van der Waals surface area contributed by atoms with E-state index in [4.69, 9.17) is 5.11 Å². The molecule has 0 rings (SSSR count). The smallest absolute Gasteiger partial charge is 0.303 e. The van der Waals surface area contributed by atoms with Gasteiger partial charge in [-0.2, -0.15) is 0 Å². The van der Waals surface area contributed by atoms with E-state index in [-0.39, 0.29) is 12.2 Å². The maximum absolute atomic E-state index is 11.5. The fourth-order valence-electron chi connectivity index (χ4n) is 2.00. The monoisotopic (exact) mass is 310 g/mol. The van der Waals surface area contributed by atoms with Crippen molar-refractivity contribution in [3.05, 3.63) is 24.3 Å². The minimum Gasteiger partial charge on any atom is -0.481 e. The summed E-state index contributed by atoms with van der Waals surface area (Å²) in [5.41, 5.74) is 0. The van der Waals surface area contributed by atoms with Crippen molar-refractivity contribution >= 4 is 11.8 Å². The van der Waals surface area contributed by atoms with Gasteiger partial charge < -0.3 is 10.2 Å². The van der Waals surface area contributed by atoms with Crippen molar-refractivity contribution in [2.75, 3.05) is 0 Å². The van der Waals surface area contributed by atoms with Gasteiger partial charge in [0.2, 0.25) is 0 Å². The predicted molar refractivity (Wildman–Crippen MR) is 88.8 cm³/mol. The summed E-state index contributed by atoms with van der Waals surface area (Å²) in [7, 11) is 0. The zero-order valence-electron chi connectivity index (χ0n) is 13.7. The third-order valence-corrected chi connectivity index (χ3v) is 3.32. The van der Waals surface area contributed by atoms with E-state index >= 15 is 0 Å². The van der Waals surface area contributed by atoms with Crippen molar-refractivity contribution < 1.29 is 19.8 Å². The average molecular weight is 310 g/mol. The fourth-order valence-corrected chi connectivity index (χ4v) is 2.00. The van der Waals surface area contributed by atoms with E-state index in [2.05, 4.69) is 13.0 Å². The molecular weight excluding hydrogens is 280 g/mol. The lowest BCUT2D eigenvalue weighted by Crippen LogP contribution is -2.01. The van der Waals surface area contributed by atoms with Crippen molar-refractivity contribution in [1.82, 2.24) is 0 Å². The van der Waals surface area contributed by atoms with Gasteiger partial charge in [-0.05, 0) is 32.1 Å². The molecule has 1 unspecified atom stereocenters. The number of carboxylic acid groups (broad SMARTS) is 1. The van der Waals surface area contributed by atoms with Crippen molar-refractivity contribution in [3.63, 3.8) is 0 Å². The first-order valence-corrected chi connectivity index (χ1v) is 8.29. The summed E-state index contributed by atoms with van der Waals surface area (Å²) in [5.74, 6) is -0.734. The van der Waals surface area contributed by atoms with Crippen LogP contribution < -0.4 is 0 Å². The van der Waals surface area contributed by atoms with Crippen LogP contribution in [0.2, 0.25) is 0 Å². The summed E-state index contributed by atoms with van der Waals surface area (Å²) in [6.07, 6.45) is 14.2. The van der Waals surface area contributed by atoms with E-state index in [9.17, 15) is 14.7 Å². The number of rotatable bonds is 14. The molecule has 0 saturated heterocycles. The number of aliphatic hydroxyl groups excluding tert-OH is 1. The first kappa shape index (κ1) is 20.6. The summed E-state index contributed by atoms with van der Waals surface area (Å²) in [6, 6.07) is 0. The number of aliphatic hydroxyl groups is 1. The second-order valence-electron chi connectivity index (χ2n) is 5.54. The van der Waals surface area contributed by atoms with Crippen LogP contribution in [0.4, 0.5) is 0 Å². The Labute approximate surface area is 133 Å². The lowest BCUT2D eigenvalue weighted by Gasteiger charge is -2.01. The minimum atomic E-state index is -0.821. The van der Waals surface area contributed by atoms with Crippen LogP contribution in [0.3, 0.4) is 0 Å². The standard InChI is InChI=1S/C18H30O4/c1-2-3-4-5-6-7-11-16(19)13-10-14-17(20)12-8-9-15-18(21)22/h6-7,10,13,16,19H,2-5,8-9,11-12,14-15H2,1H3,(H,21,22)/b7-6-,13-10+. The Kier molecular flexibility index (Phi) is 13.6. The molecule has 126 valence electrons. The molecule has 22 heavy (non-hydrogen) atoms. The second-order valence-corrected chi connectivity index (χ2v) is 5.54. The molecule has 4 nitrogen and oxygen atoms in total. The van der Waals surface area contributed by atoms with Gasteiger partial charge in [0, 0.05) is 19.3 Å². The number of aliphatic carboxylic acids is 1. The second kappa shape index (κ2) is 14.5. The van der Waals surface area contributed by atoms with Crippen molar-refractivity contribution in [2.24, 2.45) is 0 Å². The van der Waals surface area contributed by atoms with Crippen LogP contribution in [0.15, 0.2) is 24.3 Å². The van der Waals surface area contributed by atoms with E-state index in [0.29, 0.717) is 32.1 Å². The molecule has 0 aromatic heterocycles. The SMILES string of the molecule is CCCCC/C=C\CC(O)/C=C/CC(=O)CCCCC(=O)O. The van der Waals surface area contributed by atoms with Crippen LogP contribution in [-0.2, 0) is 9.59 Å². The molecule has 0 aliphatic heterocycles. The van der Waals surface area contributed by atoms with Gasteiger partial charge in [-0.3, -0.25) is 9.59 Å². The quantitative estimate of drug-likeness (QED) is 0.375. The molecule has 0 radical (unpaired) electrons. The summed E-state index contributed by atoms with van der Waals surface area (Å²) in [6.45, 7) is 2.17. The van der Waals surface area contributed by atoms with Crippen molar-refractivity contribution in [2.45, 2.75) is 77.2 Å². The van der Waals surface area contributed by atoms with Gasteiger partial charge in [0.25, 0.3) is 0 Å². The number of carboxylic acids is 1. The van der Waals surface area contributed by atoms with E-state index in [1.807, 2.05) is 6.08 Å². The van der Waals surface area contributed by atoms with Gasteiger partial charge in [-0.15, -0.1) is 0 Å². The maximum Gasteiger partial charge on any atom is 0.303 e. The van der Waals surface area contributed by atoms with Crippen LogP contribution >= 0.6 is 0 Å². The molecule has 0 fully saturated rings. The summed E-state index contributed by atoms with van der Waals surface area (Å²) in [5, 5.41) is 18.2. The van der Waals surface area contributed by atoms with Crippen LogP contribution in [0.5, 0.6) is 0 Å². The van der Waals surface area contributed by atoms with E-state index < -0.39 is 12.1 Å². The van der Waals surface area contributed by atoms with Crippen LogP contribution in [-0.4, -0.2) is 28.1 Å². The first-order chi connectivity index (χ1) is 10.6. The molecule has 0 aliphatic rings. The molecule has 0 bridgehead atoms. The predicted octanol–water partition coefficient (Wildman–Crippen LogP) is 4.03. The lowest BCUT2D eigenvalue weighted by atomic mass is 10.1. The van der Waals surface area contributed by atoms with Crippen LogP contribution in [0, 0.1) is 0 Å². The molecule has 0 aromatic carbocycles. The Bertz CT molecular complexity index is 358. The van der Waals surface area contributed by atoms with Gasteiger partial charge in [-0.1, -0.05) is 44.1 Å². The van der Waals surface area contributed by atoms with Gasteiger partial charge in [0.15, 0.2) is 0 Å². The van der Waals surface area contributed by atoms with Crippen molar-refractivity contribution in [3.8, 4) is 0 Å². The molecule has 0 aliphatic carbocycles. The number of unbranched alkanes of at least 4 members (excludes halogenated alkanes) is 4. The Hall–Kier alpha value is -1.42. The lowest BCUT2D eigenvalue weighted by molar-refractivity contribution is -0.137. The highest BCUT2D eigenvalue weighted by atomic mass is 16.4. The zero-order valence-corrected chi connectivity index (χ0v) is 13.7. The van der Waals surface area contributed by atoms with Gasteiger partial charge in [0.05, 0.1) is 6.10 Å². The van der Waals surface area contributed by atoms with Gasteiger partial charge in [0.1, 0.15) is 5.78 Å². The molecule has 2 N–H and O–H groups in total. The van der Waals surface area contributed by atoms with E-state index in [0.717, 1.165) is 6.42 Å². The molecule has 0 spiro atoms. The molecule has 0 aromatic rings. The third kappa shape index (κ3) is 15.0. The fraction of sp³-hybridized carbons (Fsp3) is 0.667. The summed E-state index contributed by atoms with van der Waals surface area (Å²) < 4.78 is 0. The minimum absolute atomic E-state index is 0.0870. The molecule has 0 saturated carbocycles. The van der Waals surface area contributed by atoms with Gasteiger partial charge in [-0.25, -0.2) is 0 Å². The Balaban J connectivity index is 3.64. The Morgan fingerprint density at radius 3 is 2.41 bits per heavy atom. The van der Waals surface area contributed by atoms with E-state index in [1.54, 1.807) is 12.2 Å². The third-order valence-electron chi connectivity index (χ3n) is 3.32. The number of hydrogen-bond donors (Lipinski definition) is 2. The maximum atomic E-state index is 11.5. The number of hydrogen-bond acceptors (Lipinski definition) is 3. The zero-order chi connectivity index (χ0) is 16.6. The van der Waals surface area contributed by atoms with Crippen LogP contribution in [0.1, 0.15) is 71.1 Å². The number of ketones is 1. The molecular formula is C18H30O4. The van der Waals surface area contributed by atoms with E-state index in [1.165, 1.54) is 19.3 Å². The Morgan fingerprint density at radius 1 is 1.00 bits per heavy atom. The molecule has 0 heterocycles. The molecule has 1 atom stereocenters. The number of carbonyl (C=O) groups excluding carboxylic acids is 1. The average Bonchev–Trinajstić information content (AvgIpc) is 2.47. The number of Topliss-reactive ketones (excluding diaryl/α,β-unsaturated/α-hetero) is 1. The first-order valence-electron chi connectivity index (χ1n) is 8.29. The number of allylic oxidation sites excluding steroid dienone is 2. The highest BCUT2D eigenvalue weighted by Gasteiger charge is 2.02. The summed E-state index contributed by atoms with van der Waals surface area (Å²) >= 11 is 0. The highest BCUT2D eigenvalue weighted by molar-refractivity contribution is 5.79. The van der Waals surface area contributed by atoms with Crippen molar-refractivity contribution in [1.29, 1.82) is 0 Å². The van der Waals surface area contributed by atoms with Gasteiger partial charge >= 0.3 is 5.97 Å². The largest absolute Gasteiger partial charge is 0.481 e. The highest BCUT2D eigenvalue weighted by Crippen LogP contribution is 2.05. The van der Waals surface area contributed by atoms with Crippen LogP contribution in [0.25, 0.3) is 0 Å². The Morgan fingerprint density at radius 2 is 1.73 bits per heavy atom. The normalized spacial score (nSPS) is 13.0. The molecule has 0 amide bonds. The summed E-state index contributed by atoms with van der Waals surface area (Å²) in [4.78, 5) is 21.9. The number of carbonyl (C=O) groups is 2. The molecule has 4 heteroatoms. The topological polar surface area (TPSA) is 74.6 Å².